The minimum Gasteiger partial charge on any atom is -0.396 e. The first kappa shape index (κ1) is 11.0. The molecule has 1 amide bonds. The highest BCUT2D eigenvalue weighted by molar-refractivity contribution is 5.81. The third-order valence-electron chi connectivity index (χ3n) is 2.87. The molecule has 0 bridgehead atoms. The average molecular weight is 220 g/mol. The Hall–Kier alpha value is -1.55. The molecule has 16 heavy (non-hydrogen) atoms. The van der Waals surface area contributed by atoms with E-state index in [2.05, 4.69) is 5.43 Å². The largest absolute Gasteiger partial charge is 0.396 e. The van der Waals surface area contributed by atoms with Crippen molar-refractivity contribution < 1.29 is 9.90 Å². The van der Waals surface area contributed by atoms with Gasteiger partial charge in [0.2, 0.25) is 5.91 Å². The molecule has 0 spiro atoms. The van der Waals surface area contributed by atoms with Gasteiger partial charge in [-0.05, 0) is 17.7 Å². The van der Waals surface area contributed by atoms with Gasteiger partial charge in [-0.1, -0.05) is 19.1 Å². The van der Waals surface area contributed by atoms with Crippen molar-refractivity contribution >= 4 is 11.6 Å². The topological polar surface area (TPSA) is 52.6 Å². The van der Waals surface area contributed by atoms with Crippen LogP contribution in [0.25, 0.3) is 0 Å². The van der Waals surface area contributed by atoms with Gasteiger partial charge in [-0.25, -0.2) is 0 Å². The van der Waals surface area contributed by atoms with E-state index in [0.717, 1.165) is 11.3 Å². The zero-order valence-corrected chi connectivity index (χ0v) is 9.31. The van der Waals surface area contributed by atoms with Crippen molar-refractivity contribution in [3.63, 3.8) is 0 Å². The first-order valence-electron chi connectivity index (χ1n) is 5.48. The van der Waals surface area contributed by atoms with Crippen molar-refractivity contribution in [3.05, 3.63) is 29.8 Å². The number of hydrogen-bond acceptors (Lipinski definition) is 3. The molecule has 0 radical (unpaired) electrons. The number of hydrogen-bond donors (Lipinski definition) is 2. The Bertz CT molecular complexity index is 375. The summed E-state index contributed by atoms with van der Waals surface area (Å²) in [4.78, 5) is 11.1. The Morgan fingerprint density at radius 3 is 2.62 bits per heavy atom. The van der Waals surface area contributed by atoms with Crippen LogP contribution in [0.2, 0.25) is 0 Å². The fraction of sp³-hybridized carbons (Fsp3) is 0.417. The molecule has 1 saturated heterocycles. The van der Waals surface area contributed by atoms with Crippen LogP contribution in [0.1, 0.15) is 24.8 Å². The van der Waals surface area contributed by atoms with Gasteiger partial charge in [-0.15, -0.1) is 0 Å². The molecule has 1 fully saturated rings. The summed E-state index contributed by atoms with van der Waals surface area (Å²) in [5.41, 5.74) is 4.87. The van der Waals surface area contributed by atoms with Crippen LogP contribution in [0.4, 0.5) is 5.69 Å². The Kier molecular flexibility index (Phi) is 3.10. The van der Waals surface area contributed by atoms with Crippen LogP contribution in [0, 0.1) is 0 Å². The predicted octanol–water partition coefficient (Wildman–Crippen LogP) is 1.02. The zero-order chi connectivity index (χ0) is 11.5. The van der Waals surface area contributed by atoms with Gasteiger partial charge in [0.25, 0.3) is 0 Å². The second kappa shape index (κ2) is 4.53. The van der Waals surface area contributed by atoms with Crippen molar-refractivity contribution in [2.75, 3.05) is 18.2 Å². The van der Waals surface area contributed by atoms with E-state index in [1.165, 1.54) is 0 Å². The molecule has 1 aliphatic rings. The van der Waals surface area contributed by atoms with Gasteiger partial charge in [0.1, 0.15) is 0 Å². The first-order valence-corrected chi connectivity index (χ1v) is 5.48. The minimum absolute atomic E-state index is 0.0628. The second-order valence-corrected chi connectivity index (χ2v) is 4.11. The molecule has 4 heteroatoms. The molecule has 1 unspecified atom stereocenters. The molecular formula is C12H16N2O2. The van der Waals surface area contributed by atoms with Gasteiger partial charge in [-0.3, -0.25) is 15.2 Å². The summed E-state index contributed by atoms with van der Waals surface area (Å²) < 4.78 is 0. The van der Waals surface area contributed by atoms with E-state index in [1.807, 2.05) is 36.2 Å². The Balaban J connectivity index is 2.10. The highest BCUT2D eigenvalue weighted by Crippen LogP contribution is 2.20. The summed E-state index contributed by atoms with van der Waals surface area (Å²) in [6, 6.07) is 7.90. The molecule has 1 aromatic rings. The van der Waals surface area contributed by atoms with Crippen molar-refractivity contribution in [2.45, 2.75) is 19.3 Å². The Morgan fingerprint density at radius 1 is 1.44 bits per heavy atom. The molecule has 2 N–H and O–H groups in total. The highest BCUT2D eigenvalue weighted by Gasteiger charge is 2.18. The van der Waals surface area contributed by atoms with Gasteiger partial charge in [0, 0.05) is 25.5 Å². The number of anilines is 1. The predicted molar refractivity (Wildman–Crippen MR) is 62.0 cm³/mol. The van der Waals surface area contributed by atoms with Crippen LogP contribution in [-0.2, 0) is 4.79 Å². The molecule has 86 valence electrons. The minimum atomic E-state index is 0.0628. The lowest BCUT2D eigenvalue weighted by Gasteiger charge is -2.18. The fourth-order valence-electron chi connectivity index (χ4n) is 1.76. The molecule has 1 aliphatic heterocycles. The van der Waals surface area contributed by atoms with Crippen molar-refractivity contribution in [1.82, 2.24) is 5.43 Å². The smallest absolute Gasteiger partial charge is 0.240 e. The maximum atomic E-state index is 11.1. The number of hydrazine groups is 1. The number of nitrogens with one attached hydrogen (secondary N) is 1. The van der Waals surface area contributed by atoms with Crippen LogP contribution in [0.3, 0.4) is 0 Å². The van der Waals surface area contributed by atoms with Gasteiger partial charge in [-0.2, -0.15) is 0 Å². The molecule has 0 aliphatic carbocycles. The second-order valence-electron chi connectivity index (χ2n) is 4.11. The van der Waals surface area contributed by atoms with Gasteiger partial charge in [0.15, 0.2) is 0 Å². The van der Waals surface area contributed by atoms with Crippen molar-refractivity contribution in [3.8, 4) is 0 Å². The van der Waals surface area contributed by atoms with E-state index in [-0.39, 0.29) is 18.4 Å². The molecular weight excluding hydrogens is 204 g/mol. The molecule has 1 heterocycles. The van der Waals surface area contributed by atoms with Gasteiger partial charge in [0.05, 0.1) is 5.69 Å². The van der Waals surface area contributed by atoms with E-state index < -0.39 is 0 Å². The number of aliphatic hydroxyl groups is 1. The van der Waals surface area contributed by atoms with Crippen LogP contribution in [0.5, 0.6) is 0 Å². The number of carbonyl (C=O) groups excluding carboxylic acids is 1. The van der Waals surface area contributed by atoms with Crippen LogP contribution in [0.15, 0.2) is 24.3 Å². The zero-order valence-electron chi connectivity index (χ0n) is 9.31. The summed E-state index contributed by atoms with van der Waals surface area (Å²) in [6.07, 6.45) is 0.550. The standard InChI is InChI=1S/C12H16N2O2/c1-9(8-15)10-2-4-11(5-3-10)14-7-6-12(16)13-14/h2-5,9,15H,6-8H2,1H3,(H,13,16). The number of benzene rings is 1. The molecule has 1 atom stereocenters. The summed E-state index contributed by atoms with van der Waals surface area (Å²) >= 11 is 0. The Labute approximate surface area is 94.9 Å². The van der Waals surface area contributed by atoms with Gasteiger partial charge < -0.3 is 5.11 Å². The van der Waals surface area contributed by atoms with Crippen LogP contribution < -0.4 is 10.4 Å². The maximum Gasteiger partial charge on any atom is 0.240 e. The first-order chi connectivity index (χ1) is 7.70. The lowest BCUT2D eigenvalue weighted by Crippen LogP contribution is -2.32. The van der Waals surface area contributed by atoms with E-state index >= 15 is 0 Å². The lowest BCUT2D eigenvalue weighted by atomic mass is 10.0. The molecule has 2 rings (SSSR count). The van der Waals surface area contributed by atoms with E-state index in [1.54, 1.807) is 0 Å². The number of amides is 1. The molecule has 0 aromatic heterocycles. The lowest BCUT2D eigenvalue weighted by molar-refractivity contribution is -0.119. The molecule has 4 nitrogen and oxygen atoms in total. The third-order valence-corrected chi connectivity index (χ3v) is 2.87. The van der Waals surface area contributed by atoms with E-state index in [0.29, 0.717) is 13.0 Å². The number of rotatable bonds is 3. The summed E-state index contributed by atoms with van der Waals surface area (Å²) in [7, 11) is 0. The number of aliphatic hydroxyl groups excluding tert-OH is 1. The highest BCUT2D eigenvalue weighted by atomic mass is 16.3. The van der Waals surface area contributed by atoms with E-state index in [4.69, 9.17) is 5.11 Å². The SMILES string of the molecule is CC(CO)c1ccc(N2CCC(=O)N2)cc1. The Morgan fingerprint density at radius 2 is 2.12 bits per heavy atom. The average Bonchev–Trinajstić information content (AvgIpc) is 2.75. The maximum absolute atomic E-state index is 11.1. The van der Waals surface area contributed by atoms with Crippen LogP contribution in [-0.4, -0.2) is 24.2 Å². The molecule has 0 saturated carbocycles. The number of carbonyl (C=O) groups is 1. The van der Waals surface area contributed by atoms with Gasteiger partial charge >= 0.3 is 0 Å². The van der Waals surface area contributed by atoms with Crippen molar-refractivity contribution in [2.24, 2.45) is 0 Å². The van der Waals surface area contributed by atoms with Crippen molar-refractivity contribution in [1.29, 1.82) is 0 Å². The quantitative estimate of drug-likeness (QED) is 0.799. The van der Waals surface area contributed by atoms with E-state index in [9.17, 15) is 4.79 Å². The monoisotopic (exact) mass is 220 g/mol. The summed E-state index contributed by atoms with van der Waals surface area (Å²) in [5, 5.41) is 10.9. The summed E-state index contributed by atoms with van der Waals surface area (Å²) in [6.45, 7) is 2.85. The van der Waals surface area contributed by atoms with Crippen LogP contribution >= 0.6 is 0 Å². The normalized spacial score (nSPS) is 17.4. The summed E-state index contributed by atoms with van der Waals surface area (Å²) in [5.74, 6) is 0.218. The fourth-order valence-corrected chi connectivity index (χ4v) is 1.76. The third kappa shape index (κ3) is 2.17. The molecule has 1 aromatic carbocycles. The number of nitrogens with zero attached hydrogens (tertiary/aromatic N) is 1.